The van der Waals surface area contributed by atoms with Crippen LogP contribution in [0, 0.1) is 15.9 Å². The summed E-state index contributed by atoms with van der Waals surface area (Å²) in [6.07, 6.45) is 3.05. The van der Waals surface area contributed by atoms with Crippen molar-refractivity contribution < 1.29 is 23.7 Å². The van der Waals surface area contributed by atoms with Gasteiger partial charge in [0.15, 0.2) is 0 Å². The topological polar surface area (TPSA) is 123 Å². The molecule has 2 aromatic carbocycles. The Balaban J connectivity index is 1.67. The first kappa shape index (κ1) is 20.5. The highest BCUT2D eigenvalue weighted by atomic mass is 19.1. The number of hydrogen-bond acceptors (Lipinski definition) is 7. The molecule has 1 unspecified atom stereocenters. The highest BCUT2D eigenvalue weighted by Gasteiger charge is 2.27. The van der Waals surface area contributed by atoms with Gasteiger partial charge in [0.1, 0.15) is 11.5 Å². The molecule has 10 heteroatoms. The van der Waals surface area contributed by atoms with E-state index in [2.05, 4.69) is 17.1 Å². The van der Waals surface area contributed by atoms with E-state index in [0.717, 1.165) is 37.9 Å². The van der Waals surface area contributed by atoms with Crippen molar-refractivity contribution in [3.05, 3.63) is 57.9 Å². The van der Waals surface area contributed by atoms with Crippen molar-refractivity contribution in [2.75, 3.05) is 11.4 Å². The predicted molar refractivity (Wildman–Crippen MR) is 109 cm³/mol. The second-order valence-electron chi connectivity index (χ2n) is 7.42. The van der Waals surface area contributed by atoms with Crippen molar-refractivity contribution in [2.24, 2.45) is 0 Å². The average Bonchev–Trinajstić information content (AvgIpc) is 3.23. The molecule has 4 rings (SSSR count). The molecule has 1 N–H and O–H groups in total. The van der Waals surface area contributed by atoms with Crippen LogP contribution in [-0.4, -0.2) is 38.7 Å². The van der Waals surface area contributed by atoms with Gasteiger partial charge in [-0.1, -0.05) is 5.16 Å². The fraction of sp³-hybridized carbons (Fsp3) is 0.286. The summed E-state index contributed by atoms with van der Waals surface area (Å²) in [5, 5.41) is 24.5. The average molecular weight is 426 g/mol. The van der Waals surface area contributed by atoms with Gasteiger partial charge in [0, 0.05) is 29.8 Å². The van der Waals surface area contributed by atoms with Gasteiger partial charge in [0.25, 0.3) is 11.6 Å². The van der Waals surface area contributed by atoms with E-state index in [4.69, 9.17) is 9.63 Å². The largest absolute Gasteiger partial charge is 0.478 e. The molecule has 0 amide bonds. The van der Waals surface area contributed by atoms with Crippen LogP contribution in [0.1, 0.15) is 36.5 Å². The minimum atomic E-state index is -1.38. The first-order valence-electron chi connectivity index (χ1n) is 9.77. The Bertz CT molecular complexity index is 1160. The summed E-state index contributed by atoms with van der Waals surface area (Å²) in [5.74, 6) is -2.22. The summed E-state index contributed by atoms with van der Waals surface area (Å²) in [5.41, 5.74) is 0.618. The molecular formula is C21H19FN4O5. The number of aromatic nitrogens is 2. The Morgan fingerprint density at radius 3 is 2.71 bits per heavy atom. The van der Waals surface area contributed by atoms with Crippen LogP contribution in [0.3, 0.4) is 0 Å². The number of carboxylic acids is 1. The van der Waals surface area contributed by atoms with Gasteiger partial charge in [-0.3, -0.25) is 10.1 Å². The standard InChI is InChI=1S/C21H19FN4O5/c1-12-4-2-3-9-25(12)17-8-6-14(11-18(17)26(29)30)20-23-19(24-31-20)13-5-7-15(21(27)28)16(22)10-13/h5-8,10-12H,2-4,9H2,1H3,(H,27,28). The van der Waals surface area contributed by atoms with Crippen LogP contribution >= 0.6 is 0 Å². The molecule has 31 heavy (non-hydrogen) atoms. The number of nitro benzene ring substituents is 1. The van der Waals surface area contributed by atoms with Gasteiger partial charge in [-0.25, -0.2) is 9.18 Å². The molecule has 0 spiro atoms. The zero-order chi connectivity index (χ0) is 22.1. The number of piperidine rings is 1. The van der Waals surface area contributed by atoms with E-state index in [1.165, 1.54) is 12.1 Å². The smallest absolute Gasteiger partial charge is 0.338 e. The van der Waals surface area contributed by atoms with Crippen molar-refractivity contribution in [3.63, 3.8) is 0 Å². The SMILES string of the molecule is CC1CCCCN1c1ccc(-c2nc(-c3ccc(C(=O)O)c(F)c3)no2)cc1[N+](=O)[O-]. The molecule has 1 atom stereocenters. The van der Waals surface area contributed by atoms with Crippen molar-refractivity contribution in [1.82, 2.24) is 10.1 Å². The number of carbonyl (C=O) groups is 1. The summed E-state index contributed by atoms with van der Waals surface area (Å²) < 4.78 is 19.2. The number of hydrogen-bond donors (Lipinski definition) is 1. The quantitative estimate of drug-likeness (QED) is 0.466. The number of nitrogens with zero attached hydrogens (tertiary/aromatic N) is 4. The fourth-order valence-electron chi connectivity index (χ4n) is 3.79. The Kier molecular flexibility index (Phi) is 5.37. The maximum Gasteiger partial charge on any atom is 0.338 e. The monoisotopic (exact) mass is 426 g/mol. The van der Waals surface area contributed by atoms with Crippen LogP contribution in [0.15, 0.2) is 40.9 Å². The summed E-state index contributed by atoms with van der Waals surface area (Å²) in [6, 6.07) is 8.43. The van der Waals surface area contributed by atoms with E-state index >= 15 is 0 Å². The number of halogens is 1. The molecule has 0 bridgehead atoms. The lowest BCUT2D eigenvalue weighted by atomic mass is 10.0. The molecule has 9 nitrogen and oxygen atoms in total. The second kappa shape index (κ2) is 8.13. The zero-order valence-electron chi connectivity index (χ0n) is 16.6. The number of benzene rings is 2. The Hall–Kier alpha value is -3.82. The summed E-state index contributed by atoms with van der Waals surface area (Å²) in [4.78, 5) is 28.5. The van der Waals surface area contributed by atoms with E-state index in [1.807, 2.05) is 4.90 Å². The van der Waals surface area contributed by atoms with Crippen LogP contribution in [0.5, 0.6) is 0 Å². The Labute approximate surface area is 176 Å². The van der Waals surface area contributed by atoms with Gasteiger partial charge < -0.3 is 14.5 Å². The maximum atomic E-state index is 14.0. The highest BCUT2D eigenvalue weighted by molar-refractivity contribution is 5.88. The number of rotatable bonds is 5. The third kappa shape index (κ3) is 3.96. The van der Waals surface area contributed by atoms with E-state index in [1.54, 1.807) is 12.1 Å². The van der Waals surface area contributed by atoms with E-state index < -0.39 is 22.3 Å². The molecule has 1 aromatic heterocycles. The first-order chi connectivity index (χ1) is 14.8. The van der Waals surface area contributed by atoms with Crippen LogP contribution < -0.4 is 4.90 Å². The molecule has 0 saturated carbocycles. The van der Waals surface area contributed by atoms with Crippen LogP contribution in [0.25, 0.3) is 22.8 Å². The molecule has 2 heterocycles. The highest BCUT2D eigenvalue weighted by Crippen LogP contribution is 2.36. The third-order valence-corrected chi connectivity index (χ3v) is 5.42. The molecular weight excluding hydrogens is 407 g/mol. The lowest BCUT2D eigenvalue weighted by molar-refractivity contribution is -0.384. The molecule has 1 aliphatic heterocycles. The Morgan fingerprint density at radius 1 is 1.26 bits per heavy atom. The summed E-state index contributed by atoms with van der Waals surface area (Å²) >= 11 is 0. The number of nitro groups is 1. The lowest BCUT2D eigenvalue weighted by Crippen LogP contribution is -2.37. The molecule has 1 fully saturated rings. The molecule has 0 radical (unpaired) electrons. The normalized spacial score (nSPS) is 16.3. The van der Waals surface area contributed by atoms with Gasteiger partial charge in [0.05, 0.1) is 10.5 Å². The molecule has 160 valence electrons. The van der Waals surface area contributed by atoms with Crippen molar-refractivity contribution in [3.8, 4) is 22.8 Å². The first-order valence-corrected chi connectivity index (χ1v) is 9.77. The van der Waals surface area contributed by atoms with Gasteiger partial charge in [0.2, 0.25) is 5.82 Å². The van der Waals surface area contributed by atoms with Gasteiger partial charge >= 0.3 is 5.97 Å². The van der Waals surface area contributed by atoms with Crippen LogP contribution in [-0.2, 0) is 0 Å². The van der Waals surface area contributed by atoms with Crippen molar-refractivity contribution in [2.45, 2.75) is 32.2 Å². The van der Waals surface area contributed by atoms with Gasteiger partial charge in [-0.15, -0.1) is 0 Å². The number of anilines is 1. The van der Waals surface area contributed by atoms with E-state index in [9.17, 15) is 19.3 Å². The van der Waals surface area contributed by atoms with Crippen LogP contribution in [0.2, 0.25) is 0 Å². The van der Waals surface area contributed by atoms with Crippen molar-refractivity contribution >= 4 is 17.3 Å². The fourth-order valence-corrected chi connectivity index (χ4v) is 3.79. The molecule has 3 aromatic rings. The van der Waals surface area contributed by atoms with Crippen molar-refractivity contribution in [1.29, 1.82) is 0 Å². The van der Waals surface area contributed by atoms with Gasteiger partial charge in [-0.05, 0) is 56.5 Å². The third-order valence-electron chi connectivity index (χ3n) is 5.42. The second-order valence-corrected chi connectivity index (χ2v) is 7.42. The maximum absolute atomic E-state index is 14.0. The summed E-state index contributed by atoms with van der Waals surface area (Å²) in [6.45, 7) is 2.81. The lowest BCUT2D eigenvalue weighted by Gasteiger charge is -2.35. The van der Waals surface area contributed by atoms with E-state index in [-0.39, 0.29) is 29.0 Å². The summed E-state index contributed by atoms with van der Waals surface area (Å²) in [7, 11) is 0. The van der Waals surface area contributed by atoms with E-state index in [0.29, 0.717) is 11.3 Å². The molecule has 1 aliphatic rings. The van der Waals surface area contributed by atoms with Crippen LogP contribution in [0.4, 0.5) is 15.8 Å². The molecule has 1 saturated heterocycles. The zero-order valence-corrected chi connectivity index (χ0v) is 16.6. The Morgan fingerprint density at radius 2 is 2.03 bits per heavy atom. The minimum Gasteiger partial charge on any atom is -0.478 e. The predicted octanol–water partition coefficient (Wildman–Crippen LogP) is 4.53. The molecule has 0 aliphatic carbocycles. The number of carboxylic acid groups (broad SMARTS) is 1. The minimum absolute atomic E-state index is 0.0408. The number of aromatic carboxylic acids is 1. The van der Waals surface area contributed by atoms with Gasteiger partial charge in [-0.2, -0.15) is 4.98 Å².